The number of aryl methyl sites for hydroxylation is 1. The van der Waals surface area contributed by atoms with E-state index in [0.717, 1.165) is 40.8 Å². The molecule has 2 aromatic rings. The van der Waals surface area contributed by atoms with Crippen molar-refractivity contribution in [2.45, 2.75) is 25.4 Å². The van der Waals surface area contributed by atoms with Gasteiger partial charge in [-0.25, -0.2) is 9.37 Å². The van der Waals surface area contributed by atoms with Crippen molar-refractivity contribution in [2.24, 2.45) is 0 Å². The summed E-state index contributed by atoms with van der Waals surface area (Å²) in [7, 11) is 0. The van der Waals surface area contributed by atoms with Gasteiger partial charge in [-0.3, -0.25) is 4.79 Å². The number of hydrogen-bond donors (Lipinski definition) is 1. The number of nitrogens with one attached hydrogen (secondary N) is 1. The molecular formula is C20H24FN3O2S. The van der Waals surface area contributed by atoms with Crippen LogP contribution in [0.3, 0.4) is 0 Å². The monoisotopic (exact) mass is 389 g/mol. The largest absolute Gasteiger partial charge is 0.378 e. The Bertz CT molecular complexity index is 793. The van der Waals surface area contributed by atoms with Gasteiger partial charge in [0.25, 0.3) is 5.91 Å². The van der Waals surface area contributed by atoms with E-state index in [2.05, 4.69) is 10.2 Å². The van der Waals surface area contributed by atoms with Crippen LogP contribution in [0, 0.1) is 12.7 Å². The number of aromatic nitrogens is 1. The van der Waals surface area contributed by atoms with E-state index in [4.69, 9.17) is 9.72 Å². The molecule has 7 heteroatoms. The molecule has 0 atom stereocenters. The van der Waals surface area contributed by atoms with Crippen molar-refractivity contribution in [3.8, 4) is 0 Å². The SMILES string of the molecule is CCSc1nc(N2CCOCC2)cc(C)c1C(=O)NCc1ccc(F)cc1. The number of rotatable bonds is 6. The van der Waals surface area contributed by atoms with Crippen LogP contribution in [0.5, 0.6) is 0 Å². The lowest BCUT2D eigenvalue weighted by Gasteiger charge is -2.28. The average Bonchev–Trinajstić information content (AvgIpc) is 2.68. The first kappa shape index (κ1) is 19.6. The lowest BCUT2D eigenvalue weighted by atomic mass is 10.1. The summed E-state index contributed by atoms with van der Waals surface area (Å²) in [6.45, 7) is 7.33. The Balaban J connectivity index is 1.79. The fourth-order valence-corrected chi connectivity index (χ4v) is 3.80. The summed E-state index contributed by atoms with van der Waals surface area (Å²) in [4.78, 5) is 19.8. The number of halogens is 1. The zero-order valence-corrected chi connectivity index (χ0v) is 16.4. The molecule has 0 radical (unpaired) electrons. The number of morpholine rings is 1. The molecule has 1 aliphatic rings. The van der Waals surface area contributed by atoms with E-state index in [9.17, 15) is 9.18 Å². The summed E-state index contributed by atoms with van der Waals surface area (Å²) < 4.78 is 18.4. The van der Waals surface area contributed by atoms with Crippen molar-refractivity contribution in [2.75, 3.05) is 37.0 Å². The van der Waals surface area contributed by atoms with Gasteiger partial charge in [0.1, 0.15) is 16.7 Å². The van der Waals surface area contributed by atoms with Gasteiger partial charge in [-0.15, -0.1) is 11.8 Å². The predicted molar refractivity (Wildman–Crippen MR) is 106 cm³/mol. The van der Waals surface area contributed by atoms with Gasteiger partial charge in [-0.2, -0.15) is 0 Å². The highest BCUT2D eigenvalue weighted by Crippen LogP contribution is 2.28. The number of pyridine rings is 1. The molecule has 27 heavy (non-hydrogen) atoms. The molecule has 1 amide bonds. The fourth-order valence-electron chi connectivity index (χ4n) is 2.97. The Labute approximate surface area is 163 Å². The highest BCUT2D eigenvalue weighted by atomic mass is 32.2. The number of hydrogen-bond acceptors (Lipinski definition) is 5. The van der Waals surface area contributed by atoms with Crippen molar-refractivity contribution in [3.05, 3.63) is 52.8 Å². The number of carbonyl (C=O) groups excluding carboxylic acids is 1. The minimum atomic E-state index is -0.287. The number of thioether (sulfide) groups is 1. The standard InChI is InChI=1S/C20H24FN3O2S/c1-3-27-20-18(19(25)22-13-15-4-6-16(21)7-5-15)14(2)12-17(23-20)24-8-10-26-11-9-24/h4-7,12H,3,8-11,13H2,1-2H3,(H,22,25). The van der Waals surface area contributed by atoms with Crippen LogP contribution in [0.1, 0.15) is 28.4 Å². The molecule has 5 nitrogen and oxygen atoms in total. The van der Waals surface area contributed by atoms with E-state index < -0.39 is 0 Å². The molecule has 0 saturated carbocycles. The number of benzene rings is 1. The molecule has 1 aromatic carbocycles. The molecule has 1 aromatic heterocycles. The lowest BCUT2D eigenvalue weighted by Crippen LogP contribution is -2.37. The van der Waals surface area contributed by atoms with E-state index in [1.165, 1.54) is 12.1 Å². The molecule has 144 valence electrons. The zero-order chi connectivity index (χ0) is 19.2. The van der Waals surface area contributed by atoms with Crippen molar-refractivity contribution in [1.29, 1.82) is 0 Å². The molecule has 2 heterocycles. The highest BCUT2D eigenvalue weighted by molar-refractivity contribution is 7.99. The van der Waals surface area contributed by atoms with E-state index in [-0.39, 0.29) is 11.7 Å². The van der Waals surface area contributed by atoms with Gasteiger partial charge in [-0.1, -0.05) is 19.1 Å². The quantitative estimate of drug-likeness (QED) is 0.768. The van der Waals surface area contributed by atoms with Gasteiger partial charge < -0.3 is 15.0 Å². The summed E-state index contributed by atoms with van der Waals surface area (Å²) >= 11 is 1.57. The second-order valence-electron chi connectivity index (χ2n) is 6.32. The smallest absolute Gasteiger partial charge is 0.254 e. The number of nitrogens with zero attached hydrogens (tertiary/aromatic N) is 2. The van der Waals surface area contributed by atoms with Crippen LogP contribution in [0.2, 0.25) is 0 Å². The number of anilines is 1. The Kier molecular flexibility index (Phi) is 6.68. The summed E-state index contributed by atoms with van der Waals surface area (Å²) in [6, 6.07) is 8.10. The van der Waals surface area contributed by atoms with Crippen LogP contribution in [0.15, 0.2) is 35.4 Å². The fraction of sp³-hybridized carbons (Fsp3) is 0.400. The molecule has 1 aliphatic heterocycles. The second-order valence-corrected chi connectivity index (χ2v) is 7.57. The van der Waals surface area contributed by atoms with E-state index >= 15 is 0 Å². The van der Waals surface area contributed by atoms with Crippen LogP contribution in [0.4, 0.5) is 10.2 Å². The molecule has 1 saturated heterocycles. The van der Waals surface area contributed by atoms with Gasteiger partial charge in [0, 0.05) is 19.6 Å². The van der Waals surface area contributed by atoms with Crippen LogP contribution in [-0.4, -0.2) is 42.9 Å². The van der Waals surface area contributed by atoms with E-state index in [0.29, 0.717) is 25.3 Å². The van der Waals surface area contributed by atoms with Gasteiger partial charge in [-0.05, 0) is 42.0 Å². The number of ether oxygens (including phenoxy) is 1. The molecule has 0 spiro atoms. The maximum Gasteiger partial charge on any atom is 0.254 e. The van der Waals surface area contributed by atoms with Gasteiger partial charge in [0.2, 0.25) is 0 Å². The number of amides is 1. The first-order chi connectivity index (χ1) is 13.1. The minimum absolute atomic E-state index is 0.159. The van der Waals surface area contributed by atoms with E-state index in [1.54, 1.807) is 23.9 Å². The summed E-state index contributed by atoms with van der Waals surface area (Å²) in [5.74, 6) is 1.28. The lowest BCUT2D eigenvalue weighted by molar-refractivity contribution is 0.0946. The maximum atomic E-state index is 13.0. The van der Waals surface area contributed by atoms with Crippen molar-refractivity contribution >= 4 is 23.5 Å². The molecule has 1 fully saturated rings. The highest BCUT2D eigenvalue weighted by Gasteiger charge is 2.20. The summed E-state index contributed by atoms with van der Waals surface area (Å²) in [6.07, 6.45) is 0. The minimum Gasteiger partial charge on any atom is -0.378 e. The summed E-state index contributed by atoms with van der Waals surface area (Å²) in [5.41, 5.74) is 2.37. The third-order valence-electron chi connectivity index (χ3n) is 4.38. The van der Waals surface area contributed by atoms with Gasteiger partial charge in [0.05, 0.1) is 18.8 Å². The van der Waals surface area contributed by atoms with Crippen LogP contribution >= 0.6 is 11.8 Å². The van der Waals surface area contributed by atoms with Crippen LogP contribution < -0.4 is 10.2 Å². The second kappa shape index (κ2) is 9.19. The van der Waals surface area contributed by atoms with Crippen LogP contribution in [0.25, 0.3) is 0 Å². The Morgan fingerprint density at radius 2 is 2.00 bits per heavy atom. The molecule has 3 rings (SSSR count). The van der Waals surface area contributed by atoms with Crippen molar-refractivity contribution in [1.82, 2.24) is 10.3 Å². The molecule has 0 bridgehead atoms. The molecular weight excluding hydrogens is 365 g/mol. The van der Waals surface area contributed by atoms with Crippen molar-refractivity contribution in [3.63, 3.8) is 0 Å². The number of carbonyl (C=O) groups is 1. The van der Waals surface area contributed by atoms with Crippen LogP contribution in [-0.2, 0) is 11.3 Å². The topological polar surface area (TPSA) is 54.5 Å². The zero-order valence-electron chi connectivity index (χ0n) is 15.6. The molecule has 0 unspecified atom stereocenters. The molecule has 0 aliphatic carbocycles. The molecule has 1 N–H and O–H groups in total. The Hall–Kier alpha value is -2.12. The van der Waals surface area contributed by atoms with E-state index in [1.807, 2.05) is 19.9 Å². The normalized spacial score (nSPS) is 14.3. The first-order valence-corrected chi connectivity index (χ1v) is 10.1. The average molecular weight is 389 g/mol. The third kappa shape index (κ3) is 4.99. The van der Waals surface area contributed by atoms with Gasteiger partial charge in [0.15, 0.2) is 0 Å². The predicted octanol–water partition coefficient (Wildman–Crippen LogP) is 3.41. The Morgan fingerprint density at radius 3 is 2.67 bits per heavy atom. The van der Waals surface area contributed by atoms with Gasteiger partial charge >= 0.3 is 0 Å². The third-order valence-corrected chi connectivity index (χ3v) is 5.24. The summed E-state index contributed by atoms with van der Waals surface area (Å²) in [5, 5.41) is 3.67. The Morgan fingerprint density at radius 1 is 1.30 bits per heavy atom. The van der Waals surface area contributed by atoms with Crippen molar-refractivity contribution < 1.29 is 13.9 Å². The maximum absolute atomic E-state index is 13.0. The first-order valence-electron chi connectivity index (χ1n) is 9.08.